The maximum atomic E-state index is 12.1. The topological polar surface area (TPSA) is 78.5 Å². The van der Waals surface area contributed by atoms with Crippen molar-refractivity contribution in [2.75, 3.05) is 33.2 Å². The molecule has 0 aromatic heterocycles. The molecule has 8 heteroatoms. The molecule has 24 heavy (non-hydrogen) atoms. The largest absolute Gasteiger partial charge is 0.343 e. The van der Waals surface area contributed by atoms with E-state index < -0.39 is 10.0 Å². The molecule has 1 fully saturated rings. The van der Waals surface area contributed by atoms with Crippen LogP contribution in [0.1, 0.15) is 18.4 Å². The molecule has 0 radical (unpaired) electrons. The molecular formula is C16H26ClN3O3S. The molecule has 1 aromatic carbocycles. The van der Waals surface area contributed by atoms with Crippen molar-refractivity contribution in [3.8, 4) is 0 Å². The first-order valence-corrected chi connectivity index (χ1v) is 9.38. The van der Waals surface area contributed by atoms with Gasteiger partial charge in [-0.05, 0) is 44.4 Å². The van der Waals surface area contributed by atoms with Crippen LogP contribution in [0.5, 0.6) is 0 Å². The van der Waals surface area contributed by atoms with E-state index in [0.717, 1.165) is 18.0 Å². The van der Waals surface area contributed by atoms with Gasteiger partial charge in [-0.25, -0.2) is 13.1 Å². The van der Waals surface area contributed by atoms with Crippen LogP contribution in [0.25, 0.3) is 0 Å². The Labute approximate surface area is 150 Å². The van der Waals surface area contributed by atoms with E-state index in [1.807, 2.05) is 6.92 Å². The molecule has 0 spiro atoms. The van der Waals surface area contributed by atoms with Crippen molar-refractivity contribution in [3.63, 3.8) is 0 Å². The highest BCUT2D eigenvalue weighted by molar-refractivity contribution is 7.89. The number of nitrogens with one attached hydrogen (secondary N) is 2. The average molecular weight is 376 g/mol. The summed E-state index contributed by atoms with van der Waals surface area (Å²) in [5, 5.41) is 3.14. The standard InChI is InChI=1S/C16H25N3O3S.ClH/c1-13-3-7-15(8-4-13)23(21,22)18-9-10-19(2)16(20)12-17-11-14-5-6-14;/h3-4,7-8,14,17-18H,5-6,9-12H2,1-2H3;1H. The van der Waals surface area contributed by atoms with E-state index in [4.69, 9.17) is 0 Å². The van der Waals surface area contributed by atoms with Gasteiger partial charge in [-0.3, -0.25) is 4.79 Å². The first-order valence-electron chi connectivity index (χ1n) is 7.89. The number of benzene rings is 1. The molecule has 1 aromatic rings. The van der Waals surface area contributed by atoms with Gasteiger partial charge in [-0.1, -0.05) is 17.7 Å². The number of amides is 1. The van der Waals surface area contributed by atoms with E-state index in [0.29, 0.717) is 13.1 Å². The molecule has 0 unspecified atom stereocenters. The predicted molar refractivity (Wildman–Crippen MR) is 96.8 cm³/mol. The highest BCUT2D eigenvalue weighted by Gasteiger charge is 2.21. The molecule has 1 aliphatic rings. The Morgan fingerprint density at radius 1 is 1.25 bits per heavy atom. The van der Waals surface area contributed by atoms with E-state index in [1.165, 1.54) is 17.7 Å². The Balaban J connectivity index is 0.00000288. The third kappa shape index (κ3) is 6.76. The summed E-state index contributed by atoms with van der Waals surface area (Å²) in [6, 6.07) is 6.67. The highest BCUT2D eigenvalue weighted by atomic mass is 35.5. The molecular weight excluding hydrogens is 350 g/mol. The van der Waals surface area contributed by atoms with Gasteiger partial charge in [0.1, 0.15) is 0 Å². The third-order valence-corrected chi connectivity index (χ3v) is 5.38. The lowest BCUT2D eigenvalue weighted by Crippen LogP contribution is -2.40. The second-order valence-electron chi connectivity index (χ2n) is 6.10. The van der Waals surface area contributed by atoms with Gasteiger partial charge in [-0.15, -0.1) is 12.4 Å². The van der Waals surface area contributed by atoms with Crippen molar-refractivity contribution in [3.05, 3.63) is 29.8 Å². The minimum atomic E-state index is -3.52. The van der Waals surface area contributed by atoms with Crippen LogP contribution in [-0.4, -0.2) is 52.5 Å². The molecule has 136 valence electrons. The Morgan fingerprint density at radius 2 is 1.88 bits per heavy atom. The van der Waals surface area contributed by atoms with E-state index in [1.54, 1.807) is 31.3 Å². The van der Waals surface area contributed by atoms with Gasteiger partial charge in [0.2, 0.25) is 15.9 Å². The molecule has 6 nitrogen and oxygen atoms in total. The SMILES string of the molecule is Cc1ccc(S(=O)(=O)NCCN(C)C(=O)CNCC2CC2)cc1.Cl. The lowest BCUT2D eigenvalue weighted by atomic mass is 10.2. The maximum absolute atomic E-state index is 12.1. The normalized spacial score (nSPS) is 14.1. The van der Waals surface area contributed by atoms with E-state index in [-0.39, 0.29) is 29.8 Å². The zero-order valence-corrected chi connectivity index (χ0v) is 15.8. The van der Waals surface area contributed by atoms with E-state index >= 15 is 0 Å². The summed E-state index contributed by atoms with van der Waals surface area (Å²) in [5.74, 6) is 0.703. The van der Waals surface area contributed by atoms with Gasteiger partial charge < -0.3 is 10.2 Å². The number of carbonyl (C=O) groups is 1. The van der Waals surface area contributed by atoms with Gasteiger partial charge in [0.15, 0.2) is 0 Å². The number of aryl methyl sites for hydroxylation is 1. The second kappa shape index (κ2) is 9.36. The van der Waals surface area contributed by atoms with Gasteiger partial charge in [-0.2, -0.15) is 0 Å². The average Bonchev–Trinajstić information content (AvgIpc) is 3.31. The van der Waals surface area contributed by atoms with Gasteiger partial charge in [0.25, 0.3) is 0 Å². The quantitative estimate of drug-likeness (QED) is 0.678. The van der Waals surface area contributed by atoms with Crippen LogP contribution >= 0.6 is 12.4 Å². The lowest BCUT2D eigenvalue weighted by Gasteiger charge is -2.18. The fraction of sp³-hybridized carbons (Fsp3) is 0.562. The first kappa shape index (κ1) is 20.9. The van der Waals surface area contributed by atoms with Crippen molar-refractivity contribution in [2.45, 2.75) is 24.7 Å². The molecule has 0 heterocycles. The van der Waals surface area contributed by atoms with Gasteiger partial charge >= 0.3 is 0 Å². The van der Waals surface area contributed by atoms with Crippen LogP contribution in [0.15, 0.2) is 29.2 Å². The number of nitrogens with zero attached hydrogens (tertiary/aromatic N) is 1. The Kier molecular flexibility index (Phi) is 8.15. The zero-order valence-electron chi connectivity index (χ0n) is 14.1. The van der Waals surface area contributed by atoms with Gasteiger partial charge in [0, 0.05) is 20.1 Å². The van der Waals surface area contributed by atoms with Crippen molar-refractivity contribution < 1.29 is 13.2 Å². The van der Waals surface area contributed by atoms with Crippen molar-refractivity contribution in [1.82, 2.24) is 14.9 Å². The van der Waals surface area contributed by atoms with Gasteiger partial charge in [0.05, 0.1) is 11.4 Å². The predicted octanol–water partition coefficient (Wildman–Crippen LogP) is 1.15. The van der Waals surface area contributed by atoms with Crippen molar-refractivity contribution in [2.24, 2.45) is 5.92 Å². The molecule has 1 amide bonds. The summed E-state index contributed by atoms with van der Waals surface area (Å²) in [5.41, 5.74) is 1.01. The molecule has 1 saturated carbocycles. The number of rotatable bonds is 9. The zero-order chi connectivity index (χ0) is 16.9. The number of likely N-dealkylation sites (N-methyl/N-ethyl adjacent to an activating group) is 1. The van der Waals surface area contributed by atoms with E-state index in [9.17, 15) is 13.2 Å². The van der Waals surface area contributed by atoms with E-state index in [2.05, 4.69) is 10.0 Å². The second-order valence-corrected chi connectivity index (χ2v) is 7.87. The summed E-state index contributed by atoms with van der Waals surface area (Å²) in [4.78, 5) is 13.7. The van der Waals surface area contributed by atoms with Crippen molar-refractivity contribution in [1.29, 1.82) is 0 Å². The number of carbonyl (C=O) groups excluding carboxylic acids is 1. The number of hydrogen-bond donors (Lipinski definition) is 2. The minimum Gasteiger partial charge on any atom is -0.343 e. The van der Waals surface area contributed by atoms with Crippen LogP contribution in [0.3, 0.4) is 0 Å². The summed E-state index contributed by atoms with van der Waals surface area (Å²) in [7, 11) is -1.84. The monoisotopic (exact) mass is 375 g/mol. The van der Waals surface area contributed by atoms with Crippen LogP contribution in [0, 0.1) is 12.8 Å². The van der Waals surface area contributed by atoms with Crippen LogP contribution < -0.4 is 10.0 Å². The number of halogens is 1. The number of sulfonamides is 1. The van der Waals surface area contributed by atoms with Crippen molar-refractivity contribution >= 4 is 28.3 Å². The Bertz CT molecular complexity index is 630. The van der Waals surface area contributed by atoms with Crippen LogP contribution in [0.2, 0.25) is 0 Å². The minimum absolute atomic E-state index is 0. The molecule has 2 rings (SSSR count). The maximum Gasteiger partial charge on any atom is 0.240 e. The molecule has 2 N–H and O–H groups in total. The molecule has 0 atom stereocenters. The lowest BCUT2D eigenvalue weighted by molar-refractivity contribution is -0.128. The molecule has 0 saturated heterocycles. The Morgan fingerprint density at radius 3 is 2.46 bits per heavy atom. The summed E-state index contributed by atoms with van der Waals surface area (Å²) < 4.78 is 26.8. The number of hydrogen-bond acceptors (Lipinski definition) is 4. The highest BCUT2D eigenvalue weighted by Crippen LogP contribution is 2.27. The molecule has 1 aliphatic carbocycles. The summed E-state index contributed by atoms with van der Waals surface area (Å²) in [6.07, 6.45) is 2.50. The Hall–Kier alpha value is -1.15. The van der Waals surface area contributed by atoms with Crippen LogP contribution in [0.4, 0.5) is 0 Å². The first-order chi connectivity index (χ1) is 10.9. The fourth-order valence-electron chi connectivity index (χ4n) is 2.11. The summed E-state index contributed by atoms with van der Waals surface area (Å²) in [6.45, 7) is 3.63. The molecule has 0 aliphatic heterocycles. The fourth-order valence-corrected chi connectivity index (χ4v) is 3.13. The third-order valence-electron chi connectivity index (χ3n) is 3.90. The summed E-state index contributed by atoms with van der Waals surface area (Å²) >= 11 is 0. The molecule has 0 bridgehead atoms. The van der Waals surface area contributed by atoms with Crippen LogP contribution in [-0.2, 0) is 14.8 Å². The smallest absolute Gasteiger partial charge is 0.240 e.